The zero-order chi connectivity index (χ0) is 22.4. The molecule has 0 fully saturated rings. The van der Waals surface area contributed by atoms with Gasteiger partial charge in [0.25, 0.3) is 0 Å². The van der Waals surface area contributed by atoms with Gasteiger partial charge in [-0.05, 0) is 0 Å². The van der Waals surface area contributed by atoms with Crippen LogP contribution < -0.4 is 0 Å². The molecule has 6 rings (SSSR count). The van der Waals surface area contributed by atoms with E-state index in [2.05, 4.69) is 123 Å². The predicted molar refractivity (Wildman–Crippen MR) is 136 cm³/mol. The van der Waals surface area contributed by atoms with E-state index >= 15 is 0 Å². The fourth-order valence-corrected chi connectivity index (χ4v) is 10.5. The first-order valence-corrected chi connectivity index (χ1v) is 14.2. The third-order valence-corrected chi connectivity index (χ3v) is 11.1. The first-order valence-electron chi connectivity index (χ1n) is 11.8. The van der Waals surface area contributed by atoms with Crippen molar-refractivity contribution >= 4 is 17.7 Å². The van der Waals surface area contributed by atoms with Crippen LogP contribution in [0.15, 0.2) is 109 Å². The molecule has 0 saturated heterocycles. The fourth-order valence-electron chi connectivity index (χ4n) is 5.66. The fraction of sp³-hybridized carbons (Fsp3) is 0.125. The first-order chi connectivity index (χ1) is 16.2. The Labute approximate surface area is 208 Å². The average Bonchev–Trinajstić information content (AvgIpc) is 3.32. The van der Waals surface area contributed by atoms with Gasteiger partial charge < -0.3 is 0 Å². The van der Waals surface area contributed by atoms with Crippen LogP contribution in [-0.4, -0.2) is 0 Å². The van der Waals surface area contributed by atoms with Crippen LogP contribution in [0, 0.1) is 0 Å². The molecular formula is C32H26Zr. The Hall–Kier alpha value is -2.76. The minimum atomic E-state index is -1.12. The molecule has 0 radical (unpaired) electrons. The molecule has 0 spiro atoms. The van der Waals surface area contributed by atoms with Crippen LogP contribution in [0.4, 0.5) is 0 Å². The van der Waals surface area contributed by atoms with Crippen molar-refractivity contribution in [2.75, 3.05) is 0 Å². The number of rotatable bonds is 4. The van der Waals surface area contributed by atoms with Crippen molar-refractivity contribution in [2.24, 2.45) is 0 Å². The molecule has 0 heterocycles. The topological polar surface area (TPSA) is 0 Å². The molecule has 0 aliphatic heterocycles. The van der Waals surface area contributed by atoms with E-state index in [4.69, 9.17) is 0 Å². The van der Waals surface area contributed by atoms with Crippen molar-refractivity contribution in [3.8, 4) is 0 Å². The molecule has 0 amide bonds. The van der Waals surface area contributed by atoms with Crippen LogP contribution >= 0.6 is 0 Å². The van der Waals surface area contributed by atoms with Gasteiger partial charge in [-0.3, -0.25) is 0 Å². The molecule has 4 aromatic rings. The van der Waals surface area contributed by atoms with Gasteiger partial charge in [0.05, 0.1) is 0 Å². The van der Waals surface area contributed by atoms with E-state index in [1.54, 1.807) is 17.7 Å². The maximum atomic E-state index is 2.39. The average molecular weight is 502 g/mol. The Morgan fingerprint density at radius 3 is 1.24 bits per heavy atom. The standard InChI is InChI=1S/2C16H13.Zr/c2*1-12-15-10-6-5-9-14(15)11-16(12)13-7-3-2-4-8-13;/h2*2-10,12H,1H3;. The predicted octanol–water partition coefficient (Wildman–Crippen LogP) is 8.44. The number of benzene rings is 4. The molecule has 2 aliphatic rings. The van der Waals surface area contributed by atoms with Gasteiger partial charge in [0, 0.05) is 0 Å². The molecule has 0 aromatic heterocycles. The number of hydrogen-bond donors (Lipinski definition) is 0. The van der Waals surface area contributed by atoms with Crippen LogP contribution in [-0.2, 0) is 23.2 Å². The van der Waals surface area contributed by atoms with Gasteiger partial charge in [-0.15, -0.1) is 0 Å². The summed E-state index contributed by atoms with van der Waals surface area (Å²) < 4.78 is 3.31. The molecule has 33 heavy (non-hydrogen) atoms. The van der Waals surface area contributed by atoms with Crippen LogP contribution in [0.1, 0.15) is 59.1 Å². The second kappa shape index (κ2) is 8.55. The zero-order valence-electron chi connectivity index (χ0n) is 19.0. The molecule has 0 nitrogen and oxygen atoms in total. The van der Waals surface area contributed by atoms with Crippen LogP contribution in [0.25, 0.3) is 17.7 Å². The first kappa shape index (κ1) is 20.8. The molecule has 0 bridgehead atoms. The van der Waals surface area contributed by atoms with E-state index < -0.39 is 23.2 Å². The number of hydrogen-bond acceptors (Lipinski definition) is 0. The third kappa shape index (κ3) is 3.46. The van der Waals surface area contributed by atoms with E-state index in [0.717, 1.165) is 0 Å². The Bertz CT molecular complexity index is 1280. The van der Waals surface area contributed by atoms with Gasteiger partial charge in [-0.25, -0.2) is 0 Å². The molecule has 2 unspecified atom stereocenters. The summed E-state index contributed by atoms with van der Waals surface area (Å²) in [6.45, 7) is 4.79. The molecule has 2 aliphatic carbocycles. The molecule has 0 N–H and O–H groups in total. The Morgan fingerprint density at radius 1 is 0.455 bits per heavy atom. The van der Waals surface area contributed by atoms with Crippen molar-refractivity contribution < 1.29 is 23.2 Å². The summed E-state index contributed by atoms with van der Waals surface area (Å²) in [6, 6.07) is 40.4. The molecule has 2 atom stereocenters. The molecule has 0 saturated carbocycles. The Kier molecular flexibility index (Phi) is 5.39. The zero-order valence-corrected chi connectivity index (χ0v) is 21.5. The van der Waals surface area contributed by atoms with Crippen LogP contribution in [0.3, 0.4) is 0 Å². The minimum absolute atomic E-state index is 0.439. The second-order valence-electron chi connectivity index (χ2n) is 9.05. The normalized spacial score (nSPS) is 19.0. The third-order valence-electron chi connectivity index (χ3n) is 7.22. The monoisotopic (exact) mass is 500 g/mol. The SMILES string of the molecule is CC1C(c2ccccc2)=[C]([Zr][C]2=C(c3ccccc3)C(C)c3ccccc32)c2ccccc21. The summed E-state index contributed by atoms with van der Waals surface area (Å²) in [4.78, 5) is 0. The van der Waals surface area contributed by atoms with E-state index in [9.17, 15) is 0 Å². The van der Waals surface area contributed by atoms with Gasteiger partial charge in [0.15, 0.2) is 0 Å². The summed E-state index contributed by atoms with van der Waals surface area (Å²) >= 11 is -1.12. The van der Waals surface area contributed by atoms with E-state index in [-0.39, 0.29) is 0 Å². The second-order valence-corrected chi connectivity index (χ2v) is 12.1. The van der Waals surface area contributed by atoms with Gasteiger partial charge in [-0.2, -0.15) is 0 Å². The molecular weight excluding hydrogens is 476 g/mol. The maximum absolute atomic E-state index is 2.39. The van der Waals surface area contributed by atoms with Gasteiger partial charge in [-0.1, -0.05) is 0 Å². The number of allylic oxidation sites excluding steroid dienone is 2. The van der Waals surface area contributed by atoms with Crippen molar-refractivity contribution in [3.63, 3.8) is 0 Å². The van der Waals surface area contributed by atoms with Gasteiger partial charge in [0.2, 0.25) is 0 Å². The van der Waals surface area contributed by atoms with Crippen molar-refractivity contribution in [1.82, 2.24) is 0 Å². The summed E-state index contributed by atoms with van der Waals surface area (Å²) in [5.74, 6) is 0.878. The van der Waals surface area contributed by atoms with Gasteiger partial charge >= 0.3 is 209 Å². The summed E-state index contributed by atoms with van der Waals surface area (Å²) in [7, 11) is 0. The van der Waals surface area contributed by atoms with Crippen LogP contribution in [0.5, 0.6) is 0 Å². The summed E-state index contributed by atoms with van der Waals surface area (Å²) in [6.07, 6.45) is 0. The van der Waals surface area contributed by atoms with Crippen molar-refractivity contribution in [3.05, 3.63) is 143 Å². The molecule has 1 heteroatoms. The number of fused-ring (bicyclic) bond motifs is 2. The quantitative estimate of drug-likeness (QED) is 0.263. The Morgan fingerprint density at radius 2 is 0.818 bits per heavy atom. The summed E-state index contributed by atoms with van der Waals surface area (Å²) in [5.41, 5.74) is 11.9. The van der Waals surface area contributed by atoms with E-state index in [0.29, 0.717) is 11.8 Å². The van der Waals surface area contributed by atoms with E-state index in [1.807, 2.05) is 0 Å². The Balaban J connectivity index is 1.59. The van der Waals surface area contributed by atoms with Crippen molar-refractivity contribution in [1.29, 1.82) is 0 Å². The molecule has 4 aromatic carbocycles. The molecule has 158 valence electrons. The van der Waals surface area contributed by atoms with Crippen molar-refractivity contribution in [2.45, 2.75) is 25.7 Å². The van der Waals surface area contributed by atoms with Crippen LogP contribution in [0.2, 0.25) is 0 Å². The summed E-state index contributed by atoms with van der Waals surface area (Å²) in [5, 5.41) is 0. The van der Waals surface area contributed by atoms with Gasteiger partial charge in [0.1, 0.15) is 0 Å². The van der Waals surface area contributed by atoms with E-state index in [1.165, 1.54) is 33.4 Å².